The van der Waals surface area contributed by atoms with Gasteiger partial charge in [-0.25, -0.2) is 0 Å². The van der Waals surface area contributed by atoms with E-state index < -0.39 is 10.8 Å². The van der Waals surface area contributed by atoms with Crippen LogP contribution < -0.4 is 5.32 Å². The van der Waals surface area contributed by atoms with Gasteiger partial charge in [0.2, 0.25) is 0 Å². The van der Waals surface area contributed by atoms with Gasteiger partial charge in [0.25, 0.3) is 0 Å². The number of hydrogen-bond donors (Lipinski definition) is 1. The standard InChI is InChI=1S/C12H17Br2NOS/c1-8(7-17(3)16)15-9(2)11-5-4-10(13)6-12(11)14/h4-6,8-9,15H,7H2,1-3H3. The molecule has 0 aliphatic rings. The summed E-state index contributed by atoms with van der Waals surface area (Å²) in [5.74, 6) is 0.679. The first kappa shape index (κ1) is 15.3. The highest BCUT2D eigenvalue weighted by Gasteiger charge is 2.13. The highest BCUT2D eigenvalue weighted by Crippen LogP contribution is 2.26. The summed E-state index contributed by atoms with van der Waals surface area (Å²) in [4.78, 5) is 0. The molecule has 0 bridgehead atoms. The molecule has 0 saturated carbocycles. The molecular formula is C12H17Br2NOS. The van der Waals surface area contributed by atoms with E-state index in [1.54, 1.807) is 6.26 Å². The van der Waals surface area contributed by atoms with Crippen molar-refractivity contribution < 1.29 is 4.21 Å². The van der Waals surface area contributed by atoms with Crippen molar-refractivity contribution in [3.63, 3.8) is 0 Å². The van der Waals surface area contributed by atoms with Crippen molar-refractivity contribution in [2.75, 3.05) is 12.0 Å². The normalized spacial score (nSPS) is 16.5. The zero-order valence-corrected chi connectivity index (χ0v) is 14.2. The van der Waals surface area contributed by atoms with E-state index in [0.29, 0.717) is 5.75 Å². The molecule has 17 heavy (non-hydrogen) atoms. The Morgan fingerprint density at radius 3 is 2.53 bits per heavy atom. The average Bonchev–Trinajstić information content (AvgIpc) is 2.15. The molecule has 96 valence electrons. The van der Waals surface area contributed by atoms with Crippen molar-refractivity contribution >= 4 is 42.7 Å². The molecule has 2 nitrogen and oxygen atoms in total. The third-order valence-electron chi connectivity index (χ3n) is 2.45. The van der Waals surface area contributed by atoms with E-state index in [-0.39, 0.29) is 12.1 Å². The summed E-state index contributed by atoms with van der Waals surface area (Å²) in [7, 11) is -0.759. The second-order valence-electron chi connectivity index (χ2n) is 4.20. The van der Waals surface area contributed by atoms with Crippen LogP contribution >= 0.6 is 31.9 Å². The molecule has 0 aromatic heterocycles. The molecule has 0 heterocycles. The van der Waals surface area contributed by atoms with Gasteiger partial charge in [-0.2, -0.15) is 0 Å². The van der Waals surface area contributed by atoms with Crippen molar-refractivity contribution in [3.05, 3.63) is 32.7 Å². The van der Waals surface area contributed by atoms with Gasteiger partial charge in [0.1, 0.15) is 0 Å². The first-order valence-electron chi connectivity index (χ1n) is 5.41. The SMILES string of the molecule is CC(CS(C)=O)NC(C)c1ccc(Br)cc1Br. The molecule has 3 atom stereocenters. The second kappa shape index (κ2) is 7.02. The van der Waals surface area contributed by atoms with Gasteiger partial charge in [-0.3, -0.25) is 4.21 Å². The second-order valence-corrected chi connectivity index (χ2v) is 7.44. The molecule has 1 rings (SSSR count). The maximum absolute atomic E-state index is 11.1. The fourth-order valence-electron chi connectivity index (χ4n) is 1.77. The van der Waals surface area contributed by atoms with Crippen LogP contribution in [-0.2, 0) is 10.8 Å². The van der Waals surface area contributed by atoms with Crippen LogP contribution in [-0.4, -0.2) is 22.3 Å². The van der Waals surface area contributed by atoms with E-state index in [0.717, 1.165) is 8.95 Å². The highest BCUT2D eigenvalue weighted by atomic mass is 79.9. The molecule has 0 aliphatic carbocycles. The van der Waals surface area contributed by atoms with E-state index in [2.05, 4.69) is 57.1 Å². The van der Waals surface area contributed by atoms with Gasteiger partial charge in [-0.05, 0) is 31.5 Å². The number of halogens is 2. The first-order valence-corrected chi connectivity index (χ1v) is 8.72. The minimum absolute atomic E-state index is 0.232. The molecule has 0 fully saturated rings. The molecule has 0 saturated heterocycles. The van der Waals surface area contributed by atoms with Crippen LogP contribution in [0.3, 0.4) is 0 Å². The lowest BCUT2D eigenvalue weighted by Crippen LogP contribution is -2.33. The quantitative estimate of drug-likeness (QED) is 0.842. The molecule has 0 aliphatic heterocycles. The number of hydrogen-bond acceptors (Lipinski definition) is 2. The smallest absolute Gasteiger partial charge is 0.0383 e. The van der Waals surface area contributed by atoms with Gasteiger partial charge >= 0.3 is 0 Å². The molecule has 3 unspecified atom stereocenters. The van der Waals surface area contributed by atoms with Crippen molar-refractivity contribution in [1.29, 1.82) is 0 Å². The number of rotatable bonds is 5. The fraction of sp³-hybridized carbons (Fsp3) is 0.500. The van der Waals surface area contributed by atoms with Crippen LogP contribution in [0.1, 0.15) is 25.5 Å². The van der Waals surface area contributed by atoms with Crippen molar-refractivity contribution in [2.45, 2.75) is 25.9 Å². The number of benzene rings is 1. The van der Waals surface area contributed by atoms with E-state index in [9.17, 15) is 4.21 Å². The zero-order chi connectivity index (χ0) is 13.0. The van der Waals surface area contributed by atoms with Gasteiger partial charge in [0, 0.05) is 43.8 Å². The lowest BCUT2D eigenvalue weighted by molar-refractivity contribution is 0.507. The molecule has 0 spiro atoms. The van der Waals surface area contributed by atoms with Crippen LogP contribution in [0.4, 0.5) is 0 Å². The minimum atomic E-state index is -0.759. The third-order valence-corrected chi connectivity index (χ3v) is 4.60. The van der Waals surface area contributed by atoms with Gasteiger partial charge in [0.05, 0.1) is 0 Å². The Labute approximate surface area is 122 Å². The van der Waals surface area contributed by atoms with Crippen LogP contribution in [0.5, 0.6) is 0 Å². The minimum Gasteiger partial charge on any atom is -0.307 e. The van der Waals surface area contributed by atoms with Crippen molar-refractivity contribution in [2.24, 2.45) is 0 Å². The monoisotopic (exact) mass is 381 g/mol. The Balaban J connectivity index is 2.69. The van der Waals surface area contributed by atoms with Gasteiger partial charge in [-0.1, -0.05) is 37.9 Å². The predicted octanol–water partition coefficient (Wildman–Crippen LogP) is 3.63. The van der Waals surface area contributed by atoms with Crippen LogP contribution in [0.15, 0.2) is 27.1 Å². The summed E-state index contributed by atoms with van der Waals surface area (Å²) >= 11 is 7.00. The summed E-state index contributed by atoms with van der Waals surface area (Å²) in [6, 6.07) is 6.63. The van der Waals surface area contributed by atoms with Gasteiger partial charge in [-0.15, -0.1) is 0 Å². The fourth-order valence-corrected chi connectivity index (χ4v) is 3.96. The van der Waals surface area contributed by atoms with Crippen LogP contribution in [0, 0.1) is 0 Å². The van der Waals surface area contributed by atoms with Gasteiger partial charge in [0.15, 0.2) is 0 Å². The third kappa shape index (κ3) is 5.20. The Hall–Kier alpha value is 0.290. The first-order chi connectivity index (χ1) is 7.90. The summed E-state index contributed by atoms with van der Waals surface area (Å²) in [5.41, 5.74) is 1.21. The highest BCUT2D eigenvalue weighted by molar-refractivity contribution is 9.11. The van der Waals surface area contributed by atoms with E-state index in [1.165, 1.54) is 5.56 Å². The van der Waals surface area contributed by atoms with Crippen LogP contribution in [0.25, 0.3) is 0 Å². The maximum Gasteiger partial charge on any atom is 0.0383 e. The Morgan fingerprint density at radius 2 is 2.00 bits per heavy atom. The average molecular weight is 383 g/mol. The van der Waals surface area contributed by atoms with E-state index in [4.69, 9.17) is 0 Å². The molecule has 5 heteroatoms. The predicted molar refractivity (Wildman–Crippen MR) is 81.8 cm³/mol. The van der Waals surface area contributed by atoms with Crippen molar-refractivity contribution in [1.82, 2.24) is 5.32 Å². The van der Waals surface area contributed by atoms with E-state index >= 15 is 0 Å². The summed E-state index contributed by atoms with van der Waals surface area (Å²) in [5, 5.41) is 3.45. The lowest BCUT2D eigenvalue weighted by Gasteiger charge is -2.20. The summed E-state index contributed by atoms with van der Waals surface area (Å²) < 4.78 is 13.3. The largest absolute Gasteiger partial charge is 0.307 e. The molecule has 1 aromatic rings. The molecule has 1 aromatic carbocycles. The molecule has 0 radical (unpaired) electrons. The Kier molecular flexibility index (Phi) is 6.34. The Bertz CT molecular complexity index is 411. The van der Waals surface area contributed by atoms with E-state index in [1.807, 2.05) is 12.1 Å². The van der Waals surface area contributed by atoms with Crippen molar-refractivity contribution in [3.8, 4) is 0 Å². The number of nitrogens with one attached hydrogen (secondary N) is 1. The lowest BCUT2D eigenvalue weighted by atomic mass is 10.1. The zero-order valence-electron chi connectivity index (χ0n) is 10.2. The molecule has 1 N–H and O–H groups in total. The summed E-state index contributed by atoms with van der Waals surface area (Å²) in [6.45, 7) is 4.17. The van der Waals surface area contributed by atoms with Crippen LogP contribution in [0.2, 0.25) is 0 Å². The van der Waals surface area contributed by atoms with Gasteiger partial charge < -0.3 is 5.32 Å². The Morgan fingerprint density at radius 1 is 1.35 bits per heavy atom. The molecule has 0 amide bonds. The molecular weight excluding hydrogens is 366 g/mol. The topological polar surface area (TPSA) is 29.1 Å². The summed E-state index contributed by atoms with van der Waals surface area (Å²) in [6.07, 6.45) is 1.73. The maximum atomic E-state index is 11.1.